The van der Waals surface area contributed by atoms with E-state index >= 15 is 0 Å². The van der Waals surface area contributed by atoms with Gasteiger partial charge < -0.3 is 0 Å². The van der Waals surface area contributed by atoms with Gasteiger partial charge in [0, 0.05) is 35.4 Å². The van der Waals surface area contributed by atoms with Gasteiger partial charge in [-0.2, -0.15) is 5.10 Å². The highest BCUT2D eigenvalue weighted by Gasteiger charge is 2.09. The fourth-order valence-corrected chi connectivity index (χ4v) is 2.35. The van der Waals surface area contributed by atoms with Crippen LogP contribution in [0.25, 0.3) is 16.9 Å². The Morgan fingerprint density at radius 2 is 2.12 bits per heavy atom. The van der Waals surface area contributed by atoms with Crippen molar-refractivity contribution in [2.45, 2.75) is 6.92 Å². The summed E-state index contributed by atoms with van der Waals surface area (Å²) in [5.74, 6) is 1.02. The maximum Gasteiger partial charge on any atom is 0.145 e. The SMILES string of the molecule is Cc1cc(-n2ccc3cc(Br)cnc32)n(C)n1. The van der Waals surface area contributed by atoms with E-state index < -0.39 is 0 Å². The van der Waals surface area contributed by atoms with E-state index in [1.807, 2.05) is 41.7 Å². The van der Waals surface area contributed by atoms with Crippen LogP contribution in [0, 0.1) is 6.92 Å². The van der Waals surface area contributed by atoms with Gasteiger partial charge in [-0.05, 0) is 35.0 Å². The fourth-order valence-electron chi connectivity index (χ4n) is 2.00. The lowest BCUT2D eigenvalue weighted by Gasteiger charge is -2.04. The number of hydrogen-bond acceptors (Lipinski definition) is 2. The standard InChI is InChI=1S/C12H11BrN4/c1-8-5-11(16(2)15-8)17-4-3-9-6-10(13)7-14-12(9)17/h3-7H,1-2H3. The molecule has 3 aromatic heterocycles. The second-order valence-electron chi connectivity index (χ2n) is 4.02. The predicted octanol–water partition coefficient (Wildman–Crippen LogP) is 2.83. The van der Waals surface area contributed by atoms with E-state index in [0.717, 1.165) is 27.0 Å². The van der Waals surface area contributed by atoms with E-state index in [2.05, 4.69) is 38.1 Å². The Morgan fingerprint density at radius 1 is 1.29 bits per heavy atom. The highest BCUT2D eigenvalue weighted by atomic mass is 79.9. The molecule has 3 rings (SSSR count). The number of rotatable bonds is 1. The third kappa shape index (κ3) is 1.67. The first-order valence-electron chi connectivity index (χ1n) is 5.29. The molecule has 4 nitrogen and oxygen atoms in total. The Morgan fingerprint density at radius 3 is 2.82 bits per heavy atom. The third-order valence-corrected chi connectivity index (χ3v) is 3.15. The van der Waals surface area contributed by atoms with Crippen molar-refractivity contribution in [2.75, 3.05) is 0 Å². The highest BCUT2D eigenvalue weighted by Crippen LogP contribution is 2.21. The third-order valence-electron chi connectivity index (χ3n) is 2.72. The van der Waals surface area contributed by atoms with Gasteiger partial charge in [-0.1, -0.05) is 0 Å². The fraction of sp³-hybridized carbons (Fsp3) is 0.167. The zero-order chi connectivity index (χ0) is 12.0. The lowest BCUT2D eigenvalue weighted by Crippen LogP contribution is -2.02. The molecule has 0 unspecified atom stereocenters. The molecular weight excluding hydrogens is 280 g/mol. The van der Waals surface area contributed by atoms with Gasteiger partial charge in [0.05, 0.1) is 5.69 Å². The van der Waals surface area contributed by atoms with Crippen molar-refractivity contribution >= 4 is 27.0 Å². The minimum absolute atomic E-state index is 0.941. The molecule has 0 N–H and O–H groups in total. The Labute approximate surface area is 107 Å². The first-order valence-corrected chi connectivity index (χ1v) is 6.08. The van der Waals surface area contributed by atoms with Crippen molar-refractivity contribution in [3.63, 3.8) is 0 Å². The van der Waals surface area contributed by atoms with Crippen LogP contribution >= 0.6 is 15.9 Å². The molecule has 5 heteroatoms. The molecule has 0 bridgehead atoms. The van der Waals surface area contributed by atoms with E-state index in [4.69, 9.17) is 0 Å². The quantitative estimate of drug-likeness (QED) is 0.691. The van der Waals surface area contributed by atoms with Crippen LogP contribution in [-0.2, 0) is 7.05 Å². The normalized spacial score (nSPS) is 11.2. The van der Waals surface area contributed by atoms with Gasteiger partial charge in [0.2, 0.25) is 0 Å². The van der Waals surface area contributed by atoms with Crippen LogP contribution in [0.5, 0.6) is 0 Å². The van der Waals surface area contributed by atoms with Crippen molar-refractivity contribution in [2.24, 2.45) is 7.05 Å². The molecule has 17 heavy (non-hydrogen) atoms. The largest absolute Gasteiger partial charge is 0.286 e. The van der Waals surface area contributed by atoms with Gasteiger partial charge in [0.15, 0.2) is 0 Å². The molecule has 0 aliphatic carbocycles. The first-order chi connectivity index (χ1) is 8.15. The van der Waals surface area contributed by atoms with E-state index in [0.29, 0.717) is 0 Å². The summed E-state index contributed by atoms with van der Waals surface area (Å²) in [6.45, 7) is 1.99. The Kier molecular flexibility index (Phi) is 2.29. The number of aromatic nitrogens is 4. The highest BCUT2D eigenvalue weighted by molar-refractivity contribution is 9.10. The van der Waals surface area contributed by atoms with Crippen LogP contribution in [0.2, 0.25) is 0 Å². The molecule has 3 heterocycles. The van der Waals surface area contributed by atoms with Gasteiger partial charge >= 0.3 is 0 Å². The van der Waals surface area contributed by atoms with E-state index in [1.54, 1.807) is 0 Å². The first kappa shape index (κ1) is 10.5. The van der Waals surface area contributed by atoms with Crippen LogP contribution in [0.15, 0.2) is 35.1 Å². The second-order valence-corrected chi connectivity index (χ2v) is 4.94. The number of pyridine rings is 1. The number of halogens is 1. The van der Waals surface area contributed by atoms with Gasteiger partial charge in [0.25, 0.3) is 0 Å². The minimum Gasteiger partial charge on any atom is -0.286 e. The Hall–Kier alpha value is -1.62. The number of fused-ring (bicyclic) bond motifs is 1. The second kappa shape index (κ2) is 3.70. The van der Waals surface area contributed by atoms with E-state index in [-0.39, 0.29) is 0 Å². The molecule has 0 spiro atoms. The monoisotopic (exact) mass is 290 g/mol. The minimum atomic E-state index is 0.941. The van der Waals surface area contributed by atoms with Crippen molar-refractivity contribution in [3.8, 4) is 5.82 Å². The molecule has 0 aliphatic rings. The van der Waals surface area contributed by atoms with Crippen LogP contribution in [0.4, 0.5) is 0 Å². The zero-order valence-electron chi connectivity index (χ0n) is 9.55. The molecular formula is C12H11BrN4. The van der Waals surface area contributed by atoms with Crippen molar-refractivity contribution < 1.29 is 0 Å². The molecule has 0 aromatic carbocycles. The molecule has 0 fully saturated rings. The summed E-state index contributed by atoms with van der Waals surface area (Å²) in [6.07, 6.45) is 3.82. The van der Waals surface area contributed by atoms with Gasteiger partial charge in [-0.3, -0.25) is 9.25 Å². The summed E-state index contributed by atoms with van der Waals surface area (Å²) in [7, 11) is 1.94. The van der Waals surface area contributed by atoms with Gasteiger partial charge in [0.1, 0.15) is 11.5 Å². The number of aryl methyl sites for hydroxylation is 2. The molecule has 0 saturated carbocycles. The Balaban J connectivity index is 2.28. The smallest absolute Gasteiger partial charge is 0.145 e. The van der Waals surface area contributed by atoms with Crippen LogP contribution in [0.3, 0.4) is 0 Å². The molecule has 0 radical (unpaired) electrons. The molecule has 0 aliphatic heterocycles. The maximum absolute atomic E-state index is 4.44. The van der Waals surface area contributed by atoms with Crippen LogP contribution in [-0.4, -0.2) is 19.3 Å². The molecule has 0 amide bonds. The maximum atomic E-state index is 4.44. The van der Waals surface area contributed by atoms with Crippen LogP contribution in [0.1, 0.15) is 5.69 Å². The zero-order valence-corrected chi connectivity index (χ0v) is 11.1. The van der Waals surface area contributed by atoms with Crippen molar-refractivity contribution in [1.29, 1.82) is 0 Å². The molecule has 86 valence electrons. The lowest BCUT2D eigenvalue weighted by atomic mass is 10.3. The van der Waals surface area contributed by atoms with Crippen molar-refractivity contribution in [3.05, 3.63) is 40.8 Å². The van der Waals surface area contributed by atoms with Crippen molar-refractivity contribution in [1.82, 2.24) is 19.3 Å². The number of hydrogen-bond donors (Lipinski definition) is 0. The van der Waals surface area contributed by atoms with E-state index in [9.17, 15) is 0 Å². The average molecular weight is 291 g/mol. The molecule has 0 saturated heterocycles. The summed E-state index contributed by atoms with van der Waals surface area (Å²) in [5.41, 5.74) is 1.94. The molecule has 3 aromatic rings. The van der Waals surface area contributed by atoms with Gasteiger partial charge in [-0.25, -0.2) is 4.98 Å². The molecule has 0 atom stereocenters. The number of nitrogens with zero attached hydrogens (tertiary/aromatic N) is 4. The van der Waals surface area contributed by atoms with E-state index in [1.165, 1.54) is 0 Å². The lowest BCUT2D eigenvalue weighted by molar-refractivity contribution is 0.727. The summed E-state index contributed by atoms with van der Waals surface area (Å²) in [5, 5.41) is 5.46. The summed E-state index contributed by atoms with van der Waals surface area (Å²) in [4.78, 5) is 4.44. The Bertz CT molecular complexity index is 696. The summed E-state index contributed by atoms with van der Waals surface area (Å²) < 4.78 is 4.89. The topological polar surface area (TPSA) is 35.6 Å². The van der Waals surface area contributed by atoms with Gasteiger partial charge in [-0.15, -0.1) is 0 Å². The summed E-state index contributed by atoms with van der Waals surface area (Å²) >= 11 is 3.43. The average Bonchev–Trinajstić information content (AvgIpc) is 2.81. The summed E-state index contributed by atoms with van der Waals surface area (Å²) in [6, 6.07) is 6.15. The predicted molar refractivity (Wildman–Crippen MR) is 70.3 cm³/mol. The van der Waals surface area contributed by atoms with Crippen LogP contribution < -0.4 is 0 Å².